The summed E-state index contributed by atoms with van der Waals surface area (Å²) in [6.45, 7) is 14.0. The van der Waals surface area contributed by atoms with Gasteiger partial charge in [0.1, 0.15) is 11.7 Å². The lowest BCUT2D eigenvalue weighted by molar-refractivity contribution is -0.210. The van der Waals surface area contributed by atoms with Crippen LogP contribution in [-0.2, 0) is 0 Å². The Morgan fingerprint density at radius 1 is 1.06 bits per heavy atom. The zero-order valence-electron chi connectivity index (χ0n) is 21.4. The average molecular weight is 445 g/mol. The van der Waals surface area contributed by atoms with Gasteiger partial charge in [0.25, 0.3) is 0 Å². The molecule has 0 aliphatic heterocycles. The molecule has 3 N–H and O–H groups in total. The van der Waals surface area contributed by atoms with Crippen molar-refractivity contribution in [2.45, 2.75) is 117 Å². The van der Waals surface area contributed by atoms with E-state index in [0.29, 0.717) is 35.5 Å². The fourth-order valence-corrected chi connectivity index (χ4v) is 8.88. The van der Waals surface area contributed by atoms with Crippen molar-refractivity contribution in [3.8, 4) is 0 Å². The molecule has 0 aromatic heterocycles. The van der Waals surface area contributed by atoms with Crippen molar-refractivity contribution in [2.75, 3.05) is 0 Å². The summed E-state index contributed by atoms with van der Waals surface area (Å²) in [6, 6.07) is 0. The lowest BCUT2D eigenvalue weighted by atomic mass is 9.45. The van der Waals surface area contributed by atoms with Crippen LogP contribution in [0.15, 0.2) is 23.3 Å². The van der Waals surface area contributed by atoms with Crippen molar-refractivity contribution in [1.82, 2.24) is 0 Å². The first-order valence-corrected chi connectivity index (χ1v) is 13.4. The second-order valence-corrected chi connectivity index (χ2v) is 12.7. The van der Waals surface area contributed by atoms with E-state index in [0.717, 1.165) is 25.2 Å². The fourth-order valence-electron chi connectivity index (χ4n) is 8.88. The first-order chi connectivity index (χ1) is 15.0. The van der Waals surface area contributed by atoms with E-state index in [-0.39, 0.29) is 5.41 Å². The van der Waals surface area contributed by atoms with E-state index in [1.807, 2.05) is 6.08 Å². The molecule has 0 aromatic rings. The van der Waals surface area contributed by atoms with Gasteiger partial charge in [-0.25, -0.2) is 0 Å². The molecular weight excluding hydrogens is 396 g/mol. The van der Waals surface area contributed by atoms with Crippen molar-refractivity contribution >= 4 is 0 Å². The van der Waals surface area contributed by atoms with Crippen LogP contribution < -0.4 is 0 Å². The van der Waals surface area contributed by atoms with Crippen LogP contribution in [0.2, 0.25) is 0 Å². The van der Waals surface area contributed by atoms with Gasteiger partial charge in [-0.3, -0.25) is 0 Å². The molecule has 4 aliphatic carbocycles. The van der Waals surface area contributed by atoms with Crippen molar-refractivity contribution in [1.29, 1.82) is 0 Å². The highest BCUT2D eigenvalue weighted by atomic mass is 16.3. The Hall–Kier alpha value is -0.640. The molecule has 0 amide bonds. The number of rotatable bonds is 5. The zero-order chi connectivity index (χ0) is 23.5. The van der Waals surface area contributed by atoms with Gasteiger partial charge in [-0.05, 0) is 93.3 Å². The Morgan fingerprint density at radius 2 is 1.78 bits per heavy atom. The molecule has 3 saturated carbocycles. The second kappa shape index (κ2) is 8.54. The average Bonchev–Trinajstić information content (AvgIpc) is 3.08. The highest BCUT2D eigenvalue weighted by molar-refractivity contribution is 5.33. The van der Waals surface area contributed by atoms with Crippen molar-refractivity contribution < 1.29 is 15.3 Å². The molecular formula is C29H48O3. The minimum Gasteiger partial charge on any atom is -0.393 e. The van der Waals surface area contributed by atoms with Crippen LogP contribution >= 0.6 is 0 Å². The Morgan fingerprint density at radius 3 is 2.44 bits per heavy atom. The third-order valence-electron chi connectivity index (χ3n) is 11.0. The summed E-state index contributed by atoms with van der Waals surface area (Å²) in [6.07, 6.45) is 12.1. The van der Waals surface area contributed by atoms with E-state index in [1.165, 1.54) is 37.7 Å². The molecule has 3 fully saturated rings. The van der Waals surface area contributed by atoms with Crippen LogP contribution in [0.25, 0.3) is 0 Å². The zero-order valence-corrected chi connectivity index (χ0v) is 21.4. The summed E-state index contributed by atoms with van der Waals surface area (Å²) in [5.74, 6) is 2.95. The maximum Gasteiger partial charge on any atom is 0.102 e. The highest BCUT2D eigenvalue weighted by Gasteiger charge is 2.64. The number of hydrogen-bond donors (Lipinski definition) is 3. The van der Waals surface area contributed by atoms with Crippen molar-refractivity contribution in [2.24, 2.45) is 40.4 Å². The van der Waals surface area contributed by atoms with Gasteiger partial charge < -0.3 is 15.3 Å². The molecule has 182 valence electrons. The number of aliphatic hydroxyl groups excluding tert-OH is 2. The van der Waals surface area contributed by atoms with Crippen molar-refractivity contribution in [3.63, 3.8) is 0 Å². The van der Waals surface area contributed by atoms with Crippen molar-refractivity contribution in [3.05, 3.63) is 23.3 Å². The van der Waals surface area contributed by atoms with Crippen LogP contribution in [0.1, 0.15) is 99.3 Å². The maximum absolute atomic E-state index is 11.6. The van der Waals surface area contributed by atoms with Crippen LogP contribution in [-0.4, -0.2) is 33.1 Å². The van der Waals surface area contributed by atoms with Gasteiger partial charge in [0.05, 0.1) is 6.10 Å². The minimum absolute atomic E-state index is 0.301. The molecule has 0 heterocycles. The summed E-state index contributed by atoms with van der Waals surface area (Å²) in [4.78, 5) is 0. The fraction of sp³-hybridized carbons (Fsp3) is 0.862. The van der Waals surface area contributed by atoms with Gasteiger partial charge in [0.2, 0.25) is 0 Å². The normalized spacial score (nSPS) is 47.5. The summed E-state index contributed by atoms with van der Waals surface area (Å²) >= 11 is 0. The third kappa shape index (κ3) is 3.57. The number of fused-ring (bicyclic) bond motifs is 5. The Labute approximate surface area is 196 Å². The van der Waals surface area contributed by atoms with Crippen LogP contribution in [0.3, 0.4) is 0 Å². The molecule has 0 radical (unpaired) electrons. The van der Waals surface area contributed by atoms with E-state index in [9.17, 15) is 15.3 Å². The molecule has 0 spiro atoms. The van der Waals surface area contributed by atoms with E-state index in [2.05, 4.69) is 47.6 Å². The lowest BCUT2D eigenvalue weighted by Gasteiger charge is -2.62. The Balaban J connectivity index is 1.57. The molecule has 0 aromatic carbocycles. The third-order valence-corrected chi connectivity index (χ3v) is 11.0. The summed E-state index contributed by atoms with van der Waals surface area (Å²) in [7, 11) is 0. The highest BCUT2D eigenvalue weighted by Crippen LogP contribution is 2.67. The molecule has 4 rings (SSSR count). The Kier molecular flexibility index (Phi) is 6.53. The molecule has 32 heavy (non-hydrogen) atoms. The first kappa shape index (κ1) is 24.5. The molecule has 3 nitrogen and oxygen atoms in total. The van der Waals surface area contributed by atoms with Gasteiger partial charge in [0, 0.05) is 11.8 Å². The first-order valence-electron chi connectivity index (χ1n) is 13.4. The molecule has 0 saturated heterocycles. The van der Waals surface area contributed by atoms with Gasteiger partial charge in [-0.15, -0.1) is 0 Å². The number of hydrogen-bond acceptors (Lipinski definition) is 3. The van der Waals surface area contributed by atoms with E-state index < -0.39 is 17.8 Å². The number of allylic oxidation sites excluding steroid dienone is 3. The molecule has 3 heteroatoms. The van der Waals surface area contributed by atoms with E-state index in [4.69, 9.17) is 0 Å². The smallest absolute Gasteiger partial charge is 0.102 e. The SMILES string of the molecule is C/C=C(\CC[C@@H](C)[C@H]1CC[C@H]2C3=C[C@@H](O)[C@@]4(O)C[C@@H](O)CC[C@]4(C)[C@H]3CC[C@]12C)C(C)C. The van der Waals surface area contributed by atoms with Crippen LogP contribution in [0, 0.1) is 40.4 Å². The predicted octanol–water partition coefficient (Wildman–Crippen LogP) is 6.03. The standard InChI is InChI=1S/C29H48O3/c1-7-20(18(2)3)9-8-19(4)23-10-11-24-22-16-26(31)29(32)17-21(30)12-15-28(29,6)25(22)13-14-27(23,24)5/h7,16,18-19,21,23-26,30-32H,8-15,17H2,1-6H3/b20-7+/t19-,21+,23-,24+,25+,26-,27-,28-,29+/m1/s1. The maximum atomic E-state index is 11.6. The summed E-state index contributed by atoms with van der Waals surface area (Å²) < 4.78 is 0. The van der Waals surface area contributed by atoms with Crippen LogP contribution in [0.4, 0.5) is 0 Å². The van der Waals surface area contributed by atoms with Gasteiger partial charge >= 0.3 is 0 Å². The quantitative estimate of drug-likeness (QED) is 0.454. The van der Waals surface area contributed by atoms with Gasteiger partial charge in [0.15, 0.2) is 0 Å². The summed E-state index contributed by atoms with van der Waals surface area (Å²) in [5, 5.41) is 33.0. The van der Waals surface area contributed by atoms with Crippen LogP contribution in [0.5, 0.6) is 0 Å². The molecule has 4 aliphatic rings. The lowest BCUT2D eigenvalue weighted by Crippen LogP contribution is -2.65. The summed E-state index contributed by atoms with van der Waals surface area (Å²) in [5.41, 5.74) is 1.80. The van der Waals surface area contributed by atoms with E-state index >= 15 is 0 Å². The van der Waals surface area contributed by atoms with E-state index in [1.54, 1.807) is 5.57 Å². The molecule has 9 atom stereocenters. The molecule has 0 bridgehead atoms. The topological polar surface area (TPSA) is 60.7 Å². The van der Waals surface area contributed by atoms with Gasteiger partial charge in [-0.2, -0.15) is 0 Å². The largest absolute Gasteiger partial charge is 0.393 e. The minimum atomic E-state index is -1.20. The number of aliphatic hydroxyl groups is 3. The Bertz CT molecular complexity index is 768. The monoisotopic (exact) mass is 444 g/mol. The molecule has 0 unspecified atom stereocenters. The predicted molar refractivity (Wildman–Crippen MR) is 131 cm³/mol. The second-order valence-electron chi connectivity index (χ2n) is 12.7. The van der Waals surface area contributed by atoms with Gasteiger partial charge in [-0.1, -0.05) is 57.9 Å².